The van der Waals surface area contributed by atoms with Gasteiger partial charge in [-0.05, 0) is 35.1 Å². The maximum Gasteiger partial charge on any atom is 0.305 e. The summed E-state index contributed by atoms with van der Waals surface area (Å²) in [6.07, 6.45) is 2.31. The lowest BCUT2D eigenvalue weighted by Crippen LogP contribution is -2.38. The molecule has 0 spiro atoms. The van der Waals surface area contributed by atoms with Crippen molar-refractivity contribution in [1.29, 1.82) is 0 Å². The van der Waals surface area contributed by atoms with Crippen LogP contribution in [0.25, 0.3) is 10.8 Å². The average Bonchev–Trinajstić information content (AvgIpc) is 3.30. The second kappa shape index (κ2) is 6.18. The van der Waals surface area contributed by atoms with Crippen molar-refractivity contribution in [2.75, 3.05) is 0 Å². The minimum Gasteiger partial charge on any atom is -0.481 e. The molecule has 0 radical (unpaired) electrons. The predicted octanol–water partition coefficient (Wildman–Crippen LogP) is 2.75. The van der Waals surface area contributed by atoms with E-state index in [9.17, 15) is 9.59 Å². The largest absolute Gasteiger partial charge is 0.481 e. The van der Waals surface area contributed by atoms with E-state index < -0.39 is 5.97 Å². The molecule has 1 fully saturated rings. The Labute approximate surface area is 129 Å². The number of carboxylic acid groups (broad SMARTS) is 1. The number of rotatable bonds is 6. The number of hydrogen-bond donors (Lipinski definition) is 2. The molecule has 3 rings (SSSR count). The molecule has 1 saturated carbocycles. The third-order valence-electron chi connectivity index (χ3n) is 4.11. The Bertz CT molecular complexity index is 706. The van der Waals surface area contributed by atoms with Crippen LogP contribution in [-0.2, 0) is 16.0 Å². The van der Waals surface area contributed by atoms with Crippen molar-refractivity contribution in [3.63, 3.8) is 0 Å². The molecule has 1 unspecified atom stereocenters. The molecule has 114 valence electrons. The molecule has 1 atom stereocenters. The van der Waals surface area contributed by atoms with Crippen LogP contribution in [0.3, 0.4) is 0 Å². The van der Waals surface area contributed by atoms with E-state index in [0.717, 1.165) is 29.2 Å². The molecule has 4 nitrogen and oxygen atoms in total. The Balaban J connectivity index is 1.65. The molecular weight excluding hydrogens is 278 g/mol. The van der Waals surface area contributed by atoms with Crippen LogP contribution >= 0.6 is 0 Å². The third-order valence-corrected chi connectivity index (χ3v) is 4.11. The number of carboxylic acids is 1. The van der Waals surface area contributed by atoms with Gasteiger partial charge in [0.2, 0.25) is 5.91 Å². The number of carbonyl (C=O) groups excluding carboxylic acids is 1. The summed E-state index contributed by atoms with van der Waals surface area (Å²) in [6, 6.07) is 13.8. The smallest absolute Gasteiger partial charge is 0.305 e. The maximum atomic E-state index is 12.2. The van der Waals surface area contributed by atoms with Gasteiger partial charge in [0.15, 0.2) is 0 Å². The van der Waals surface area contributed by atoms with E-state index in [1.807, 2.05) is 42.5 Å². The Morgan fingerprint density at radius 3 is 2.55 bits per heavy atom. The second-order valence-electron chi connectivity index (χ2n) is 5.97. The fourth-order valence-electron chi connectivity index (χ4n) is 2.81. The number of amides is 1. The van der Waals surface area contributed by atoms with E-state index in [1.165, 1.54) is 0 Å². The standard InChI is InChI=1S/C18H19NO3/c20-17(19-16(11-18(21)22)14-7-8-14)10-12-5-6-13-3-1-2-4-15(13)9-12/h1-6,9,14,16H,7-8,10-11H2,(H,19,20)(H,21,22). The van der Waals surface area contributed by atoms with Crippen molar-refractivity contribution < 1.29 is 14.7 Å². The van der Waals surface area contributed by atoms with Gasteiger partial charge in [-0.1, -0.05) is 42.5 Å². The molecule has 0 saturated heterocycles. The Morgan fingerprint density at radius 2 is 1.86 bits per heavy atom. The van der Waals surface area contributed by atoms with Crippen LogP contribution in [0.5, 0.6) is 0 Å². The minimum atomic E-state index is -0.858. The lowest BCUT2D eigenvalue weighted by Gasteiger charge is -2.16. The summed E-state index contributed by atoms with van der Waals surface area (Å²) < 4.78 is 0. The summed E-state index contributed by atoms with van der Waals surface area (Å²) in [5, 5.41) is 14.1. The second-order valence-corrected chi connectivity index (χ2v) is 5.97. The fraction of sp³-hybridized carbons (Fsp3) is 0.333. The Hall–Kier alpha value is -2.36. The first-order chi connectivity index (χ1) is 10.6. The average molecular weight is 297 g/mol. The van der Waals surface area contributed by atoms with Crippen LogP contribution in [0, 0.1) is 5.92 Å². The third kappa shape index (κ3) is 3.64. The lowest BCUT2D eigenvalue weighted by molar-refractivity contribution is -0.137. The van der Waals surface area contributed by atoms with E-state index in [2.05, 4.69) is 5.32 Å². The number of carbonyl (C=O) groups is 2. The van der Waals surface area contributed by atoms with Gasteiger partial charge in [0.1, 0.15) is 0 Å². The van der Waals surface area contributed by atoms with Crippen LogP contribution in [-0.4, -0.2) is 23.0 Å². The molecule has 1 aliphatic rings. The van der Waals surface area contributed by atoms with E-state index in [0.29, 0.717) is 5.92 Å². The predicted molar refractivity (Wildman–Crippen MR) is 84.6 cm³/mol. The molecule has 0 aromatic heterocycles. The van der Waals surface area contributed by atoms with E-state index in [1.54, 1.807) is 0 Å². The zero-order valence-electron chi connectivity index (χ0n) is 12.3. The highest BCUT2D eigenvalue weighted by atomic mass is 16.4. The molecule has 0 heterocycles. The highest BCUT2D eigenvalue weighted by molar-refractivity contribution is 5.85. The molecule has 2 aromatic carbocycles. The molecule has 2 N–H and O–H groups in total. The highest BCUT2D eigenvalue weighted by Gasteiger charge is 2.33. The van der Waals surface area contributed by atoms with Crippen molar-refractivity contribution in [1.82, 2.24) is 5.32 Å². The summed E-state index contributed by atoms with van der Waals surface area (Å²) in [5.74, 6) is -0.631. The van der Waals surface area contributed by atoms with Gasteiger partial charge in [0.05, 0.1) is 12.8 Å². The zero-order chi connectivity index (χ0) is 15.5. The zero-order valence-corrected chi connectivity index (χ0v) is 12.3. The first-order valence-corrected chi connectivity index (χ1v) is 7.60. The summed E-state index contributed by atoms with van der Waals surface area (Å²) in [5.41, 5.74) is 0.945. The van der Waals surface area contributed by atoms with E-state index in [4.69, 9.17) is 5.11 Å². The molecule has 0 bridgehead atoms. The number of benzene rings is 2. The van der Waals surface area contributed by atoms with Gasteiger partial charge in [-0.25, -0.2) is 0 Å². The van der Waals surface area contributed by atoms with Crippen LogP contribution < -0.4 is 5.32 Å². The van der Waals surface area contributed by atoms with Gasteiger partial charge in [-0.15, -0.1) is 0 Å². The Kier molecular flexibility index (Phi) is 4.09. The molecule has 2 aromatic rings. The number of hydrogen-bond acceptors (Lipinski definition) is 2. The van der Waals surface area contributed by atoms with E-state index in [-0.39, 0.29) is 24.8 Å². The number of fused-ring (bicyclic) bond motifs is 1. The molecule has 4 heteroatoms. The molecule has 1 aliphatic carbocycles. The molecular formula is C18H19NO3. The normalized spacial score (nSPS) is 15.5. The van der Waals surface area contributed by atoms with Gasteiger partial charge in [0.25, 0.3) is 0 Å². The summed E-state index contributed by atoms with van der Waals surface area (Å²) >= 11 is 0. The van der Waals surface area contributed by atoms with Crippen LogP contribution in [0.4, 0.5) is 0 Å². The monoisotopic (exact) mass is 297 g/mol. The molecule has 1 amide bonds. The van der Waals surface area contributed by atoms with Crippen molar-refractivity contribution in [2.24, 2.45) is 5.92 Å². The van der Waals surface area contributed by atoms with Crippen molar-refractivity contribution in [2.45, 2.75) is 31.7 Å². The van der Waals surface area contributed by atoms with E-state index >= 15 is 0 Å². The van der Waals surface area contributed by atoms with Gasteiger partial charge >= 0.3 is 5.97 Å². The quantitative estimate of drug-likeness (QED) is 0.861. The number of nitrogens with one attached hydrogen (secondary N) is 1. The Morgan fingerprint density at radius 1 is 1.14 bits per heavy atom. The van der Waals surface area contributed by atoms with Crippen molar-refractivity contribution >= 4 is 22.6 Å². The lowest BCUT2D eigenvalue weighted by atomic mass is 10.0. The SMILES string of the molecule is O=C(O)CC(NC(=O)Cc1ccc2ccccc2c1)C1CC1. The van der Waals surface area contributed by atoms with Crippen molar-refractivity contribution in [3.8, 4) is 0 Å². The minimum absolute atomic E-state index is 0.00806. The first-order valence-electron chi connectivity index (χ1n) is 7.60. The summed E-state index contributed by atoms with van der Waals surface area (Å²) in [4.78, 5) is 23.0. The van der Waals surface area contributed by atoms with Crippen LogP contribution in [0.1, 0.15) is 24.8 Å². The van der Waals surface area contributed by atoms with Crippen molar-refractivity contribution in [3.05, 3.63) is 48.0 Å². The van der Waals surface area contributed by atoms with Crippen LogP contribution in [0.2, 0.25) is 0 Å². The fourth-order valence-corrected chi connectivity index (χ4v) is 2.81. The molecule has 0 aliphatic heterocycles. The van der Waals surface area contributed by atoms with Gasteiger partial charge in [-0.3, -0.25) is 9.59 Å². The first kappa shape index (κ1) is 14.6. The topological polar surface area (TPSA) is 66.4 Å². The molecule has 22 heavy (non-hydrogen) atoms. The maximum absolute atomic E-state index is 12.2. The summed E-state index contributed by atoms with van der Waals surface area (Å²) in [7, 11) is 0. The van der Waals surface area contributed by atoms with Crippen LogP contribution in [0.15, 0.2) is 42.5 Å². The number of aliphatic carboxylic acids is 1. The van der Waals surface area contributed by atoms with Gasteiger partial charge in [-0.2, -0.15) is 0 Å². The van der Waals surface area contributed by atoms with Gasteiger partial charge < -0.3 is 10.4 Å². The highest BCUT2D eigenvalue weighted by Crippen LogP contribution is 2.34. The van der Waals surface area contributed by atoms with Gasteiger partial charge in [0, 0.05) is 6.04 Å². The summed E-state index contributed by atoms with van der Waals surface area (Å²) in [6.45, 7) is 0.